The zero-order chi connectivity index (χ0) is 18.2. The molecule has 4 nitrogen and oxygen atoms in total. The number of hydrogen-bond acceptors (Lipinski definition) is 3. The lowest BCUT2D eigenvalue weighted by atomic mass is 9.81. The second-order valence-electron chi connectivity index (χ2n) is 6.05. The summed E-state index contributed by atoms with van der Waals surface area (Å²) in [7, 11) is 0. The molecule has 1 unspecified atom stereocenters. The third kappa shape index (κ3) is 3.26. The number of fused-ring (bicyclic) bond motifs is 1. The van der Waals surface area contributed by atoms with Gasteiger partial charge in [0.1, 0.15) is 11.5 Å². The van der Waals surface area contributed by atoms with E-state index in [2.05, 4.69) is 10.3 Å². The standard InChI is InChI=1S/C18H15ClF2N2O2/c1-10-6-13-16(22-8-10)15(24)4-5-18(13,21)17(25)23-9-11-2-3-12(20)7-14(11)19/h2-3,6-8H,4-5,9H2,1H3,(H,23,25). The molecule has 2 aromatic rings. The highest BCUT2D eigenvalue weighted by atomic mass is 35.5. The van der Waals surface area contributed by atoms with Crippen LogP contribution in [0.15, 0.2) is 30.5 Å². The molecule has 1 aromatic carbocycles. The summed E-state index contributed by atoms with van der Waals surface area (Å²) in [6.45, 7) is 1.66. The zero-order valence-electron chi connectivity index (χ0n) is 13.4. The number of aryl methyl sites for hydroxylation is 1. The van der Waals surface area contributed by atoms with Crippen LogP contribution in [0.5, 0.6) is 0 Å². The van der Waals surface area contributed by atoms with Crippen LogP contribution < -0.4 is 5.32 Å². The van der Waals surface area contributed by atoms with E-state index >= 15 is 4.39 Å². The van der Waals surface area contributed by atoms with Crippen molar-refractivity contribution in [2.45, 2.75) is 32.0 Å². The van der Waals surface area contributed by atoms with Gasteiger partial charge in [0.15, 0.2) is 5.78 Å². The van der Waals surface area contributed by atoms with Gasteiger partial charge < -0.3 is 5.32 Å². The summed E-state index contributed by atoms with van der Waals surface area (Å²) in [5.74, 6) is -1.64. The number of Topliss-reactive ketones (excluding diaryl/α,β-unsaturated/α-hetero) is 1. The number of benzene rings is 1. The maximum atomic E-state index is 15.5. The highest BCUT2D eigenvalue weighted by molar-refractivity contribution is 6.31. The summed E-state index contributed by atoms with van der Waals surface area (Å²) < 4.78 is 28.5. The van der Waals surface area contributed by atoms with Gasteiger partial charge in [-0.15, -0.1) is 0 Å². The molecule has 130 valence electrons. The van der Waals surface area contributed by atoms with Crippen molar-refractivity contribution in [2.24, 2.45) is 0 Å². The molecule has 0 bridgehead atoms. The average molecular weight is 365 g/mol. The van der Waals surface area contributed by atoms with Crippen LogP contribution in [0.2, 0.25) is 5.02 Å². The highest BCUT2D eigenvalue weighted by Crippen LogP contribution is 2.38. The van der Waals surface area contributed by atoms with E-state index in [1.54, 1.807) is 6.92 Å². The zero-order valence-corrected chi connectivity index (χ0v) is 14.2. The highest BCUT2D eigenvalue weighted by Gasteiger charge is 2.46. The Morgan fingerprint density at radius 1 is 1.40 bits per heavy atom. The van der Waals surface area contributed by atoms with Crippen molar-refractivity contribution in [3.8, 4) is 0 Å². The van der Waals surface area contributed by atoms with Crippen molar-refractivity contribution >= 4 is 23.3 Å². The van der Waals surface area contributed by atoms with Crippen molar-refractivity contribution in [3.05, 3.63) is 63.7 Å². The molecular formula is C18H15ClF2N2O2. The Morgan fingerprint density at radius 3 is 2.88 bits per heavy atom. The minimum Gasteiger partial charge on any atom is -0.349 e. The Kier molecular flexibility index (Phi) is 4.56. The van der Waals surface area contributed by atoms with Crippen molar-refractivity contribution in [3.63, 3.8) is 0 Å². The molecule has 1 aliphatic rings. The minimum atomic E-state index is -2.34. The molecule has 1 aromatic heterocycles. The Balaban J connectivity index is 1.85. The van der Waals surface area contributed by atoms with Gasteiger partial charge in [0.05, 0.1) is 0 Å². The molecule has 1 N–H and O–H groups in total. The molecule has 0 fully saturated rings. The van der Waals surface area contributed by atoms with E-state index in [4.69, 9.17) is 11.6 Å². The third-order valence-corrected chi connectivity index (χ3v) is 4.58. The predicted molar refractivity (Wildman–Crippen MR) is 88.6 cm³/mol. The number of halogens is 3. The van der Waals surface area contributed by atoms with E-state index in [-0.39, 0.29) is 41.4 Å². The third-order valence-electron chi connectivity index (χ3n) is 4.23. The van der Waals surface area contributed by atoms with Crippen LogP contribution in [0.1, 0.15) is 40.0 Å². The van der Waals surface area contributed by atoms with Gasteiger partial charge in [-0.2, -0.15) is 0 Å². The van der Waals surface area contributed by atoms with Gasteiger partial charge >= 0.3 is 0 Å². The molecule has 1 atom stereocenters. The van der Waals surface area contributed by atoms with Gasteiger partial charge in [0, 0.05) is 36.2 Å². The Morgan fingerprint density at radius 2 is 2.16 bits per heavy atom. The summed E-state index contributed by atoms with van der Waals surface area (Å²) in [5.41, 5.74) is -1.23. The number of amides is 1. The topological polar surface area (TPSA) is 59.1 Å². The summed E-state index contributed by atoms with van der Waals surface area (Å²) in [5, 5.41) is 2.63. The Hall–Kier alpha value is -2.34. The van der Waals surface area contributed by atoms with Gasteiger partial charge in [-0.05, 0) is 36.2 Å². The number of rotatable bonds is 3. The fourth-order valence-corrected chi connectivity index (χ4v) is 3.08. The Bertz CT molecular complexity index is 872. The van der Waals surface area contributed by atoms with Gasteiger partial charge in [-0.1, -0.05) is 17.7 Å². The first kappa shape index (κ1) is 17.5. The first-order valence-electron chi connectivity index (χ1n) is 7.73. The summed E-state index contributed by atoms with van der Waals surface area (Å²) in [6.07, 6.45) is 1.13. The molecule has 0 saturated heterocycles. The van der Waals surface area contributed by atoms with E-state index in [9.17, 15) is 14.0 Å². The average Bonchev–Trinajstić information content (AvgIpc) is 2.57. The van der Waals surface area contributed by atoms with Crippen LogP contribution in [-0.2, 0) is 17.0 Å². The van der Waals surface area contributed by atoms with Crippen LogP contribution in [-0.4, -0.2) is 16.7 Å². The number of alkyl halides is 1. The second kappa shape index (κ2) is 6.52. The lowest BCUT2D eigenvalue weighted by molar-refractivity contribution is -0.134. The first-order valence-corrected chi connectivity index (χ1v) is 8.10. The molecule has 0 radical (unpaired) electrons. The number of ketones is 1. The fraction of sp³-hybridized carbons (Fsp3) is 0.278. The summed E-state index contributed by atoms with van der Waals surface area (Å²) in [4.78, 5) is 28.4. The predicted octanol–water partition coefficient (Wildman–Crippen LogP) is 3.64. The summed E-state index contributed by atoms with van der Waals surface area (Å²) in [6, 6.07) is 5.23. The molecule has 0 spiro atoms. The molecule has 0 saturated carbocycles. The number of carbonyl (C=O) groups is 2. The van der Waals surface area contributed by atoms with Crippen LogP contribution >= 0.6 is 11.6 Å². The van der Waals surface area contributed by atoms with Crippen LogP contribution in [0, 0.1) is 12.7 Å². The van der Waals surface area contributed by atoms with Crippen LogP contribution in [0.3, 0.4) is 0 Å². The summed E-state index contributed by atoms with van der Waals surface area (Å²) >= 11 is 5.91. The first-order chi connectivity index (χ1) is 11.8. The van der Waals surface area contributed by atoms with E-state index in [0.29, 0.717) is 11.1 Å². The number of pyridine rings is 1. The lowest BCUT2D eigenvalue weighted by Crippen LogP contribution is -2.44. The monoisotopic (exact) mass is 364 g/mol. The quantitative estimate of drug-likeness (QED) is 0.904. The van der Waals surface area contributed by atoms with Gasteiger partial charge in [-0.3, -0.25) is 14.6 Å². The molecule has 0 aliphatic heterocycles. The largest absolute Gasteiger partial charge is 0.349 e. The maximum absolute atomic E-state index is 15.5. The number of aromatic nitrogens is 1. The number of carbonyl (C=O) groups excluding carboxylic acids is 2. The molecule has 7 heteroatoms. The normalized spacial score (nSPS) is 19.4. The van der Waals surface area contributed by atoms with Gasteiger partial charge in [0.25, 0.3) is 5.91 Å². The van der Waals surface area contributed by atoms with E-state index in [0.717, 1.165) is 6.07 Å². The fourth-order valence-electron chi connectivity index (χ4n) is 2.85. The maximum Gasteiger partial charge on any atom is 0.262 e. The molecular weight excluding hydrogens is 350 g/mol. The van der Waals surface area contributed by atoms with Crippen LogP contribution in [0.4, 0.5) is 8.78 Å². The smallest absolute Gasteiger partial charge is 0.262 e. The minimum absolute atomic E-state index is 0.00526. The van der Waals surface area contributed by atoms with E-state index in [1.165, 1.54) is 24.4 Å². The van der Waals surface area contributed by atoms with Crippen molar-refractivity contribution < 1.29 is 18.4 Å². The molecule has 1 amide bonds. The second-order valence-corrected chi connectivity index (χ2v) is 6.46. The SMILES string of the molecule is Cc1cnc2c(c1)C(F)(C(=O)NCc1ccc(F)cc1Cl)CCC2=O. The van der Waals surface area contributed by atoms with E-state index < -0.39 is 17.4 Å². The van der Waals surface area contributed by atoms with E-state index in [1.807, 2.05) is 0 Å². The van der Waals surface area contributed by atoms with Gasteiger partial charge in [-0.25, -0.2) is 8.78 Å². The molecule has 3 rings (SSSR count). The number of nitrogens with one attached hydrogen (secondary N) is 1. The molecule has 1 heterocycles. The number of hydrogen-bond donors (Lipinski definition) is 1. The number of nitrogens with zero attached hydrogens (tertiary/aromatic N) is 1. The molecule has 25 heavy (non-hydrogen) atoms. The van der Waals surface area contributed by atoms with Crippen LogP contribution in [0.25, 0.3) is 0 Å². The van der Waals surface area contributed by atoms with Crippen molar-refractivity contribution in [1.29, 1.82) is 0 Å². The Labute approximate surface area is 148 Å². The van der Waals surface area contributed by atoms with Gasteiger partial charge in [0.2, 0.25) is 5.67 Å². The lowest BCUT2D eigenvalue weighted by Gasteiger charge is -2.29. The van der Waals surface area contributed by atoms with Crippen molar-refractivity contribution in [1.82, 2.24) is 10.3 Å². The van der Waals surface area contributed by atoms with Crippen molar-refractivity contribution in [2.75, 3.05) is 0 Å². The molecule has 1 aliphatic carbocycles.